The molecule has 0 saturated heterocycles. The van der Waals surface area contributed by atoms with Crippen molar-refractivity contribution in [3.63, 3.8) is 0 Å². The molecule has 0 saturated carbocycles. The molecule has 2 aromatic carbocycles. The summed E-state index contributed by atoms with van der Waals surface area (Å²) in [7, 11) is 4.57. The maximum Gasteiger partial charge on any atom is 0.255 e. The maximum absolute atomic E-state index is 13.9. The van der Waals surface area contributed by atoms with Gasteiger partial charge in [-0.1, -0.05) is 12.1 Å². The average Bonchev–Trinajstić information content (AvgIpc) is 2.86. The van der Waals surface area contributed by atoms with Gasteiger partial charge >= 0.3 is 0 Å². The fourth-order valence-corrected chi connectivity index (χ4v) is 6.46. The normalized spacial score (nSPS) is 26.9. The summed E-state index contributed by atoms with van der Waals surface area (Å²) in [5.74, 6) is -6.79. The Bertz CT molecular complexity index is 1510. The molecule has 7 N–H and O–H groups in total. The third-order valence-corrected chi connectivity index (χ3v) is 8.10. The van der Waals surface area contributed by atoms with Crippen LogP contribution in [0.4, 0.5) is 0 Å². The number of benzene rings is 2. The maximum atomic E-state index is 13.9. The molecule has 0 heterocycles. The number of primary amides is 1. The average molecular weight is 525 g/mol. The quantitative estimate of drug-likeness (QED) is 0.312. The summed E-state index contributed by atoms with van der Waals surface area (Å²) in [6, 6.07) is 3.79. The Morgan fingerprint density at radius 1 is 1.18 bits per heavy atom. The van der Waals surface area contributed by atoms with Gasteiger partial charge in [0.15, 0.2) is 11.4 Å². The van der Waals surface area contributed by atoms with E-state index >= 15 is 0 Å². The molecule has 0 radical (unpaired) electrons. The molecule has 38 heavy (non-hydrogen) atoms. The number of allylic oxidation sites excluding steroid dienone is 1. The number of nitrogens with two attached hydrogens (primary N) is 1. The number of fused-ring (bicyclic) bond motifs is 4. The number of rotatable bonds is 4. The summed E-state index contributed by atoms with van der Waals surface area (Å²) >= 11 is 0. The molecule has 0 fully saturated rings. The van der Waals surface area contributed by atoms with Crippen molar-refractivity contribution in [1.29, 1.82) is 0 Å². The highest BCUT2D eigenvalue weighted by Gasteiger charge is 2.63. The van der Waals surface area contributed by atoms with Crippen molar-refractivity contribution in [1.82, 2.24) is 4.90 Å². The van der Waals surface area contributed by atoms with Crippen molar-refractivity contribution in [2.75, 3.05) is 21.2 Å². The van der Waals surface area contributed by atoms with E-state index in [0.29, 0.717) is 22.3 Å². The number of methoxy groups -OCH3 is 1. The van der Waals surface area contributed by atoms with Crippen LogP contribution in [0.15, 0.2) is 40.9 Å². The van der Waals surface area contributed by atoms with Gasteiger partial charge in [-0.05, 0) is 44.5 Å². The number of aliphatic hydroxyl groups excluding tert-OH is 3. The van der Waals surface area contributed by atoms with E-state index in [0.717, 1.165) is 0 Å². The second kappa shape index (κ2) is 8.55. The zero-order chi connectivity index (χ0) is 27.8. The van der Waals surface area contributed by atoms with Crippen molar-refractivity contribution in [3.05, 3.63) is 57.6 Å². The van der Waals surface area contributed by atoms with Gasteiger partial charge in [0, 0.05) is 27.8 Å². The first kappa shape index (κ1) is 25.7. The van der Waals surface area contributed by atoms with Crippen molar-refractivity contribution in [2.24, 2.45) is 17.6 Å². The summed E-state index contributed by atoms with van der Waals surface area (Å²) in [4.78, 5) is 40.9. The Kier molecular flexibility index (Phi) is 5.78. The Morgan fingerprint density at radius 2 is 1.87 bits per heavy atom. The van der Waals surface area contributed by atoms with Gasteiger partial charge < -0.3 is 36.0 Å². The lowest BCUT2D eigenvalue weighted by atomic mass is 9.58. The predicted octanol–water partition coefficient (Wildman–Crippen LogP) is 0.775. The van der Waals surface area contributed by atoms with E-state index in [2.05, 4.69) is 0 Å². The predicted molar refractivity (Wildman–Crippen MR) is 134 cm³/mol. The van der Waals surface area contributed by atoms with Crippen molar-refractivity contribution in [3.8, 4) is 11.5 Å². The number of amides is 1. The molecule has 0 aromatic heterocycles. The molecule has 1 amide bonds. The van der Waals surface area contributed by atoms with Crippen LogP contribution in [0.2, 0.25) is 0 Å². The van der Waals surface area contributed by atoms with Gasteiger partial charge in [-0.3, -0.25) is 19.3 Å². The zero-order valence-corrected chi connectivity index (χ0v) is 21.0. The number of ether oxygens (including phenoxy) is 1. The summed E-state index contributed by atoms with van der Waals surface area (Å²) < 4.78 is 5.65. The van der Waals surface area contributed by atoms with E-state index in [1.54, 1.807) is 26.2 Å². The van der Waals surface area contributed by atoms with E-state index < -0.39 is 58.0 Å². The van der Waals surface area contributed by atoms with Crippen LogP contribution in [0, 0.1) is 11.8 Å². The molecule has 11 nitrogen and oxygen atoms in total. The van der Waals surface area contributed by atoms with Gasteiger partial charge in [-0.15, -0.1) is 0 Å². The van der Waals surface area contributed by atoms with E-state index in [4.69, 9.17) is 10.5 Å². The number of hydrogen-bond acceptors (Lipinski definition) is 10. The Hall–Kier alpha value is -3.93. The molecule has 5 rings (SSSR count). The number of carbonyl (C=O) groups is 3. The lowest BCUT2D eigenvalue weighted by molar-refractivity contribution is -0.148. The summed E-state index contributed by atoms with van der Waals surface area (Å²) in [5, 5.41) is 55.4. The minimum Gasteiger partial charge on any atom is -0.510 e. The number of hydrogen-bond donors (Lipinski definition) is 6. The van der Waals surface area contributed by atoms with Gasteiger partial charge in [0.2, 0.25) is 5.78 Å². The Balaban J connectivity index is 1.78. The molecule has 0 aliphatic heterocycles. The molecule has 4 atom stereocenters. The number of nitrogens with zero attached hydrogens (tertiary/aromatic N) is 1. The first-order valence-electron chi connectivity index (χ1n) is 12.0. The number of Topliss-reactive ketones (excluding diaryl/α,β-unsaturated/α-hetero) is 2. The van der Waals surface area contributed by atoms with E-state index in [-0.39, 0.29) is 41.7 Å². The number of carbonyl (C=O) groups excluding carboxylic acids is 3. The first-order chi connectivity index (χ1) is 17.9. The number of likely N-dealkylation sites (N-methyl/N-ethyl adjacent to an activating group) is 1. The van der Waals surface area contributed by atoms with Crippen LogP contribution in [0.5, 0.6) is 11.5 Å². The molecule has 0 bridgehead atoms. The fraction of sp³-hybridized carbons (Fsp3) is 0.370. The number of ketones is 2. The lowest BCUT2D eigenvalue weighted by Crippen LogP contribution is -2.63. The zero-order valence-electron chi connectivity index (χ0n) is 21.0. The number of aromatic hydroxyl groups is 1. The van der Waals surface area contributed by atoms with Gasteiger partial charge in [0.1, 0.15) is 28.6 Å². The van der Waals surface area contributed by atoms with Gasteiger partial charge in [-0.2, -0.15) is 0 Å². The van der Waals surface area contributed by atoms with Crippen molar-refractivity contribution < 1.29 is 44.7 Å². The molecule has 0 unspecified atom stereocenters. The minimum atomic E-state index is -2.70. The SMILES string of the molecule is COc1c2c(c(O)c3cc(CO)ccc13)C(=O)C1=C(O)[C@]3(O)C(=O)C(C(N)=O)=C(O)[C@@H](N(C)C)[C@@H]3C[C@@H]1C2. The third kappa shape index (κ3) is 3.15. The standard InChI is InChI=1S/C27H28N2O9/c1-29(2)19-15-8-11-7-14-17(20(31)13-6-10(9-30)4-5-12(13)23(14)38-3)21(32)16(11)24(34)27(15,37)25(35)18(22(19)33)26(28)36/h4-6,11,15,19,30-31,33-34,37H,7-9H2,1-3H3,(H2,28,36)/t11-,15-,19-,27-/m0/s1. The molecular formula is C27H28N2O9. The monoisotopic (exact) mass is 524 g/mol. The van der Waals surface area contributed by atoms with Crippen LogP contribution in [0.1, 0.15) is 27.9 Å². The second-order valence-corrected chi connectivity index (χ2v) is 10.2. The third-order valence-electron chi connectivity index (χ3n) is 8.10. The minimum absolute atomic E-state index is 0.0167. The summed E-state index contributed by atoms with van der Waals surface area (Å²) in [6.07, 6.45) is 0.0973. The topological polar surface area (TPSA) is 191 Å². The number of aliphatic hydroxyl groups is 4. The highest BCUT2D eigenvalue weighted by molar-refractivity contribution is 6.25. The van der Waals surface area contributed by atoms with Gasteiger partial charge in [0.05, 0.1) is 25.3 Å². The van der Waals surface area contributed by atoms with E-state index in [1.165, 1.54) is 18.1 Å². The van der Waals surface area contributed by atoms with Crippen LogP contribution < -0.4 is 10.5 Å². The van der Waals surface area contributed by atoms with Gasteiger partial charge in [0.25, 0.3) is 5.91 Å². The Morgan fingerprint density at radius 3 is 2.45 bits per heavy atom. The van der Waals surface area contributed by atoms with Crippen LogP contribution >= 0.6 is 0 Å². The highest BCUT2D eigenvalue weighted by Crippen LogP contribution is 2.54. The van der Waals surface area contributed by atoms with Crippen LogP contribution in [-0.4, -0.2) is 80.8 Å². The van der Waals surface area contributed by atoms with Crippen molar-refractivity contribution in [2.45, 2.75) is 31.1 Å². The molecule has 200 valence electrons. The number of phenolic OH excluding ortho intramolecular Hbond substituents is 1. The van der Waals surface area contributed by atoms with Gasteiger partial charge in [-0.25, -0.2) is 0 Å². The first-order valence-corrected chi connectivity index (χ1v) is 12.0. The highest BCUT2D eigenvalue weighted by atomic mass is 16.5. The fourth-order valence-electron chi connectivity index (χ4n) is 6.46. The van der Waals surface area contributed by atoms with Crippen LogP contribution in [0.25, 0.3) is 10.8 Å². The van der Waals surface area contributed by atoms with Crippen LogP contribution in [0.3, 0.4) is 0 Å². The van der Waals surface area contributed by atoms with Crippen molar-refractivity contribution >= 4 is 28.2 Å². The smallest absolute Gasteiger partial charge is 0.255 e. The van der Waals surface area contributed by atoms with Crippen LogP contribution in [-0.2, 0) is 22.6 Å². The summed E-state index contributed by atoms with van der Waals surface area (Å²) in [6.45, 7) is -0.303. The molecule has 3 aliphatic carbocycles. The van der Waals surface area contributed by atoms with E-state index in [9.17, 15) is 39.9 Å². The number of phenols is 1. The molecule has 2 aromatic rings. The largest absolute Gasteiger partial charge is 0.510 e. The lowest BCUT2D eigenvalue weighted by Gasteiger charge is -2.50. The molecule has 11 heteroatoms. The molecular weight excluding hydrogens is 496 g/mol. The second-order valence-electron chi connectivity index (χ2n) is 10.2. The molecule has 0 spiro atoms. The summed E-state index contributed by atoms with van der Waals surface area (Å²) in [5.41, 5.74) is 2.28. The van der Waals surface area contributed by atoms with E-state index in [1.807, 2.05) is 0 Å². The molecule has 3 aliphatic rings. The Labute approximate surface area is 217 Å².